The summed E-state index contributed by atoms with van der Waals surface area (Å²) in [6.45, 7) is 1.71. The number of para-hydroxylation sites is 3. The maximum atomic E-state index is 12.8. The Morgan fingerprint density at radius 3 is 2.24 bits per heavy atom. The number of nitrogens with zero attached hydrogens (tertiary/aromatic N) is 1. The lowest BCUT2D eigenvalue weighted by Crippen LogP contribution is -2.19. The van der Waals surface area contributed by atoms with E-state index in [0.717, 1.165) is 17.1 Å². The zero-order valence-electron chi connectivity index (χ0n) is 18.5. The van der Waals surface area contributed by atoms with Crippen molar-refractivity contribution in [2.75, 3.05) is 23.1 Å². The second kappa shape index (κ2) is 10.5. The van der Waals surface area contributed by atoms with E-state index in [9.17, 15) is 9.59 Å². The molecule has 172 valence electrons. The molecule has 9 heteroatoms. The molecule has 34 heavy (non-hydrogen) atoms. The third-order valence-electron chi connectivity index (χ3n) is 4.67. The van der Waals surface area contributed by atoms with Gasteiger partial charge >= 0.3 is 6.03 Å². The summed E-state index contributed by atoms with van der Waals surface area (Å²) in [5, 5.41) is 8.52. The number of rotatable bonds is 7. The molecule has 8 nitrogen and oxygen atoms in total. The van der Waals surface area contributed by atoms with Crippen molar-refractivity contribution in [1.29, 1.82) is 0 Å². The van der Waals surface area contributed by atoms with E-state index in [2.05, 4.69) is 20.9 Å². The number of amides is 3. The van der Waals surface area contributed by atoms with Gasteiger partial charge in [-0.3, -0.25) is 10.1 Å². The van der Waals surface area contributed by atoms with Gasteiger partial charge in [-0.2, -0.15) is 0 Å². The molecule has 1 aromatic heterocycles. The number of hydrogen-bond donors (Lipinski definition) is 3. The van der Waals surface area contributed by atoms with Crippen LogP contribution >= 0.6 is 11.3 Å². The van der Waals surface area contributed by atoms with Crippen molar-refractivity contribution in [1.82, 2.24) is 4.98 Å². The van der Waals surface area contributed by atoms with Crippen LogP contribution in [0.2, 0.25) is 0 Å². The predicted octanol–water partition coefficient (Wildman–Crippen LogP) is 6.15. The summed E-state index contributed by atoms with van der Waals surface area (Å²) in [7, 11) is 1.53. The van der Waals surface area contributed by atoms with Crippen LogP contribution in [0, 0.1) is 6.92 Å². The largest absolute Gasteiger partial charge is 0.495 e. The summed E-state index contributed by atoms with van der Waals surface area (Å²) in [5.41, 5.74) is 1.65. The Kier molecular flexibility index (Phi) is 7.04. The molecule has 0 unspecified atom stereocenters. The highest BCUT2D eigenvalue weighted by Gasteiger charge is 2.17. The first kappa shape index (κ1) is 22.8. The van der Waals surface area contributed by atoms with E-state index in [1.54, 1.807) is 55.5 Å². The fraction of sp³-hybridized carbons (Fsp3) is 0.0800. The van der Waals surface area contributed by atoms with Crippen LogP contribution < -0.4 is 25.4 Å². The maximum absolute atomic E-state index is 12.8. The van der Waals surface area contributed by atoms with Crippen LogP contribution in [0.5, 0.6) is 17.2 Å². The number of benzene rings is 3. The predicted molar refractivity (Wildman–Crippen MR) is 133 cm³/mol. The number of ether oxygens (including phenoxy) is 2. The van der Waals surface area contributed by atoms with Gasteiger partial charge in [0.15, 0.2) is 5.13 Å². The fourth-order valence-electron chi connectivity index (χ4n) is 3.08. The number of aryl methyl sites for hydroxylation is 1. The van der Waals surface area contributed by atoms with Gasteiger partial charge in [0.1, 0.15) is 22.1 Å². The minimum Gasteiger partial charge on any atom is -0.495 e. The van der Waals surface area contributed by atoms with Gasteiger partial charge in [-0.15, -0.1) is 0 Å². The highest BCUT2D eigenvalue weighted by atomic mass is 32.1. The maximum Gasteiger partial charge on any atom is 0.325 e. The standard InChI is InChI=1S/C25H22N4O4S/c1-16-22(34-25(26-16)29-24(31)28-20-10-6-7-11-21(20)32-2)23(30)27-17-12-14-19(15-13-17)33-18-8-4-3-5-9-18/h3-15H,1-2H3,(H,27,30)(H2,26,28,29,31). The van der Waals surface area contributed by atoms with Crippen LogP contribution in [-0.4, -0.2) is 24.0 Å². The average Bonchev–Trinajstić information content (AvgIpc) is 3.21. The van der Waals surface area contributed by atoms with Crippen LogP contribution in [0.4, 0.5) is 21.3 Å². The zero-order valence-corrected chi connectivity index (χ0v) is 19.3. The Morgan fingerprint density at radius 1 is 0.824 bits per heavy atom. The number of methoxy groups -OCH3 is 1. The Labute approximate surface area is 200 Å². The molecule has 0 radical (unpaired) electrons. The topological polar surface area (TPSA) is 102 Å². The molecule has 0 saturated carbocycles. The normalized spacial score (nSPS) is 10.3. The third-order valence-corrected chi connectivity index (χ3v) is 5.74. The molecule has 0 saturated heterocycles. The first-order chi connectivity index (χ1) is 16.5. The SMILES string of the molecule is COc1ccccc1NC(=O)Nc1nc(C)c(C(=O)Nc2ccc(Oc3ccccc3)cc2)s1. The first-order valence-corrected chi connectivity index (χ1v) is 11.2. The summed E-state index contributed by atoms with van der Waals surface area (Å²) in [4.78, 5) is 29.8. The molecule has 3 amide bonds. The van der Waals surface area contributed by atoms with Crippen molar-refractivity contribution in [3.05, 3.63) is 89.4 Å². The summed E-state index contributed by atoms with van der Waals surface area (Å²) in [5.74, 6) is 1.61. The molecule has 0 atom stereocenters. The van der Waals surface area contributed by atoms with Gasteiger partial charge in [-0.1, -0.05) is 41.7 Å². The van der Waals surface area contributed by atoms with Crippen molar-refractivity contribution >= 4 is 39.8 Å². The molecular weight excluding hydrogens is 452 g/mol. The molecule has 0 aliphatic rings. The van der Waals surface area contributed by atoms with Gasteiger partial charge < -0.3 is 20.1 Å². The number of urea groups is 1. The summed E-state index contributed by atoms with van der Waals surface area (Å²) < 4.78 is 11.0. The van der Waals surface area contributed by atoms with E-state index in [1.807, 2.05) is 30.3 Å². The quantitative estimate of drug-likeness (QED) is 0.298. The zero-order chi connectivity index (χ0) is 23.9. The van der Waals surface area contributed by atoms with Gasteiger partial charge in [-0.05, 0) is 55.5 Å². The fourth-order valence-corrected chi connectivity index (χ4v) is 3.93. The number of carbonyl (C=O) groups is 2. The number of aromatic nitrogens is 1. The Hall–Kier alpha value is -4.37. The van der Waals surface area contributed by atoms with Gasteiger partial charge in [0.25, 0.3) is 5.91 Å². The van der Waals surface area contributed by atoms with Crippen LogP contribution in [0.1, 0.15) is 15.4 Å². The highest BCUT2D eigenvalue weighted by molar-refractivity contribution is 7.17. The van der Waals surface area contributed by atoms with Crippen LogP contribution in [0.3, 0.4) is 0 Å². The van der Waals surface area contributed by atoms with Crippen molar-refractivity contribution in [3.63, 3.8) is 0 Å². The molecule has 4 aromatic rings. The molecular formula is C25H22N4O4S. The number of hydrogen-bond acceptors (Lipinski definition) is 6. The van der Waals surface area contributed by atoms with Crippen LogP contribution in [-0.2, 0) is 0 Å². The highest BCUT2D eigenvalue weighted by Crippen LogP contribution is 2.27. The van der Waals surface area contributed by atoms with Crippen molar-refractivity contribution in [2.45, 2.75) is 6.92 Å². The smallest absolute Gasteiger partial charge is 0.325 e. The second-order valence-electron chi connectivity index (χ2n) is 7.11. The van der Waals surface area contributed by atoms with Gasteiger partial charge in [-0.25, -0.2) is 9.78 Å². The lowest BCUT2D eigenvalue weighted by Gasteiger charge is -2.09. The van der Waals surface area contributed by atoms with Gasteiger partial charge in [0, 0.05) is 5.69 Å². The molecule has 0 aliphatic carbocycles. The second-order valence-corrected chi connectivity index (χ2v) is 8.11. The minimum atomic E-state index is -0.487. The monoisotopic (exact) mass is 474 g/mol. The first-order valence-electron chi connectivity index (χ1n) is 10.3. The van der Waals surface area contributed by atoms with Gasteiger partial charge in [0.2, 0.25) is 0 Å². The lowest BCUT2D eigenvalue weighted by atomic mass is 10.3. The van der Waals surface area contributed by atoms with E-state index in [4.69, 9.17) is 9.47 Å². The van der Waals surface area contributed by atoms with Crippen molar-refractivity contribution in [2.24, 2.45) is 0 Å². The Bertz CT molecular complexity index is 1290. The molecule has 0 bridgehead atoms. The summed E-state index contributed by atoms with van der Waals surface area (Å²) in [6, 6.07) is 23.1. The summed E-state index contributed by atoms with van der Waals surface area (Å²) >= 11 is 1.09. The Balaban J connectivity index is 1.37. The number of nitrogens with one attached hydrogen (secondary N) is 3. The van der Waals surface area contributed by atoms with Gasteiger partial charge in [0.05, 0.1) is 18.5 Å². The number of carbonyl (C=O) groups excluding carboxylic acids is 2. The molecule has 0 spiro atoms. The Morgan fingerprint density at radius 2 is 1.50 bits per heavy atom. The molecule has 0 aliphatic heterocycles. The van der Waals surface area contributed by atoms with E-state index in [1.165, 1.54) is 7.11 Å². The van der Waals surface area contributed by atoms with Crippen LogP contribution in [0.15, 0.2) is 78.9 Å². The van der Waals surface area contributed by atoms with E-state index < -0.39 is 6.03 Å². The lowest BCUT2D eigenvalue weighted by molar-refractivity contribution is 0.102. The summed E-state index contributed by atoms with van der Waals surface area (Å²) in [6.07, 6.45) is 0. The minimum absolute atomic E-state index is 0.307. The van der Waals surface area contributed by atoms with Crippen molar-refractivity contribution in [3.8, 4) is 17.2 Å². The molecule has 4 rings (SSSR count). The van der Waals surface area contributed by atoms with Crippen molar-refractivity contribution < 1.29 is 19.1 Å². The molecule has 3 aromatic carbocycles. The average molecular weight is 475 g/mol. The molecule has 1 heterocycles. The third kappa shape index (κ3) is 5.70. The van der Waals surface area contributed by atoms with E-state index >= 15 is 0 Å². The molecule has 3 N–H and O–H groups in total. The van der Waals surface area contributed by atoms with E-state index in [-0.39, 0.29) is 5.91 Å². The number of thiazole rings is 1. The molecule has 0 fully saturated rings. The van der Waals surface area contributed by atoms with E-state index in [0.29, 0.717) is 38.6 Å². The van der Waals surface area contributed by atoms with Crippen LogP contribution in [0.25, 0.3) is 0 Å². The number of anilines is 3.